The van der Waals surface area contributed by atoms with Crippen molar-refractivity contribution >= 4 is 21.6 Å². The van der Waals surface area contributed by atoms with E-state index in [0.29, 0.717) is 11.0 Å². The van der Waals surface area contributed by atoms with Crippen LogP contribution >= 0.6 is 15.9 Å². The lowest BCUT2D eigenvalue weighted by molar-refractivity contribution is -0.137. The summed E-state index contributed by atoms with van der Waals surface area (Å²) in [5.74, 6) is 0.240. The van der Waals surface area contributed by atoms with E-state index in [1.165, 1.54) is 12.1 Å². The lowest BCUT2D eigenvalue weighted by Crippen LogP contribution is -2.37. The Morgan fingerprint density at radius 2 is 1.95 bits per heavy atom. The molecule has 1 aromatic rings. The average molecular weight is 351 g/mol. The molecule has 2 nitrogen and oxygen atoms in total. The maximum Gasteiger partial charge on any atom is 0.418 e. The summed E-state index contributed by atoms with van der Waals surface area (Å²) in [4.78, 5) is 0. The minimum Gasteiger partial charge on any atom is -0.381 e. The molecule has 0 aliphatic heterocycles. The Morgan fingerprint density at radius 1 is 1.25 bits per heavy atom. The van der Waals surface area contributed by atoms with E-state index in [2.05, 4.69) is 21.2 Å². The largest absolute Gasteiger partial charge is 0.418 e. The van der Waals surface area contributed by atoms with Gasteiger partial charge in [-0.05, 0) is 43.5 Å². The molecule has 0 amide bonds. The number of nitrogens with two attached hydrogens (primary N) is 1. The molecule has 1 aliphatic carbocycles. The van der Waals surface area contributed by atoms with Crippen molar-refractivity contribution in [3.63, 3.8) is 0 Å². The van der Waals surface area contributed by atoms with Gasteiger partial charge < -0.3 is 11.1 Å². The van der Waals surface area contributed by atoms with Crippen LogP contribution in [0, 0.1) is 5.92 Å². The van der Waals surface area contributed by atoms with Gasteiger partial charge in [-0.2, -0.15) is 13.2 Å². The van der Waals surface area contributed by atoms with Crippen molar-refractivity contribution in [2.75, 3.05) is 11.9 Å². The normalized spacial score (nSPS) is 23.6. The van der Waals surface area contributed by atoms with Crippen LogP contribution in [0.1, 0.15) is 31.2 Å². The average Bonchev–Trinajstić information content (AvgIpc) is 2.38. The van der Waals surface area contributed by atoms with Crippen LogP contribution in [0.4, 0.5) is 18.9 Å². The summed E-state index contributed by atoms with van der Waals surface area (Å²) in [6.07, 6.45) is -0.376. The van der Waals surface area contributed by atoms with E-state index >= 15 is 0 Å². The van der Waals surface area contributed by atoms with E-state index in [1.807, 2.05) is 0 Å². The quantitative estimate of drug-likeness (QED) is 0.847. The van der Waals surface area contributed by atoms with Gasteiger partial charge in [0.1, 0.15) is 0 Å². The molecule has 1 saturated carbocycles. The molecule has 2 unspecified atom stereocenters. The van der Waals surface area contributed by atoms with Crippen molar-refractivity contribution in [2.24, 2.45) is 11.7 Å². The highest BCUT2D eigenvalue weighted by molar-refractivity contribution is 9.10. The van der Waals surface area contributed by atoms with Crippen molar-refractivity contribution in [3.05, 3.63) is 28.2 Å². The van der Waals surface area contributed by atoms with Crippen LogP contribution in [0.5, 0.6) is 0 Å². The number of anilines is 1. The Bertz CT molecular complexity index is 462. The summed E-state index contributed by atoms with van der Waals surface area (Å²) in [7, 11) is 0. The highest BCUT2D eigenvalue weighted by Gasteiger charge is 2.34. The van der Waals surface area contributed by atoms with Gasteiger partial charge in [-0.1, -0.05) is 28.8 Å². The minimum atomic E-state index is -4.35. The number of rotatable bonds is 3. The summed E-state index contributed by atoms with van der Waals surface area (Å²) in [5, 5.41) is 3.07. The van der Waals surface area contributed by atoms with E-state index in [9.17, 15) is 13.2 Å². The lowest BCUT2D eigenvalue weighted by atomic mass is 9.84. The van der Waals surface area contributed by atoms with E-state index < -0.39 is 11.7 Å². The van der Waals surface area contributed by atoms with E-state index in [1.54, 1.807) is 0 Å². The highest BCUT2D eigenvalue weighted by atomic mass is 79.9. The van der Waals surface area contributed by atoms with E-state index in [-0.39, 0.29) is 17.6 Å². The Labute approximate surface area is 125 Å². The molecule has 0 radical (unpaired) electrons. The van der Waals surface area contributed by atoms with Gasteiger partial charge in [0, 0.05) is 16.2 Å². The van der Waals surface area contributed by atoms with Crippen LogP contribution in [0.15, 0.2) is 22.7 Å². The molecular formula is C14H18BrF3N2. The molecule has 0 spiro atoms. The first-order valence-corrected chi connectivity index (χ1v) is 7.54. The number of nitrogens with one attached hydrogen (secondary N) is 1. The number of benzene rings is 1. The summed E-state index contributed by atoms with van der Waals surface area (Å²) >= 11 is 3.23. The number of hydrogen-bond acceptors (Lipinski definition) is 2. The molecule has 0 bridgehead atoms. The molecule has 2 atom stereocenters. The molecule has 0 aromatic heterocycles. The van der Waals surface area contributed by atoms with Gasteiger partial charge in [0.05, 0.1) is 5.56 Å². The molecule has 0 heterocycles. The highest BCUT2D eigenvalue weighted by Crippen LogP contribution is 2.38. The summed E-state index contributed by atoms with van der Waals surface area (Å²) in [6, 6.07) is 4.02. The zero-order valence-corrected chi connectivity index (χ0v) is 12.6. The Morgan fingerprint density at radius 3 is 2.60 bits per heavy atom. The molecule has 2 rings (SSSR count). The fourth-order valence-corrected chi connectivity index (χ4v) is 3.12. The smallest absolute Gasteiger partial charge is 0.381 e. The first kappa shape index (κ1) is 15.6. The molecule has 1 aliphatic rings. The standard InChI is InChI=1S/C14H18BrF3N2/c15-10-5-6-11(14(16,17)18)13(7-10)20-12-4-2-1-3-9(12)8-19/h5-7,9,12,20H,1-4,8,19H2. The summed E-state index contributed by atoms with van der Waals surface area (Å²) in [5.41, 5.74) is 5.24. The Balaban J connectivity index is 2.25. The zero-order valence-electron chi connectivity index (χ0n) is 11.0. The SMILES string of the molecule is NCC1CCCCC1Nc1cc(Br)ccc1C(F)(F)F. The van der Waals surface area contributed by atoms with Crippen molar-refractivity contribution in [3.8, 4) is 0 Å². The molecule has 1 aromatic carbocycles. The minimum absolute atomic E-state index is 0.0177. The Hall–Kier alpha value is -0.750. The second-order valence-corrected chi connectivity index (χ2v) is 6.13. The topological polar surface area (TPSA) is 38.0 Å². The van der Waals surface area contributed by atoms with Crippen LogP contribution in [0.3, 0.4) is 0 Å². The maximum absolute atomic E-state index is 13.0. The fourth-order valence-electron chi connectivity index (χ4n) is 2.76. The summed E-state index contributed by atoms with van der Waals surface area (Å²) in [6.45, 7) is 0.507. The summed E-state index contributed by atoms with van der Waals surface area (Å²) < 4.78 is 39.7. The third kappa shape index (κ3) is 3.67. The van der Waals surface area contributed by atoms with Crippen molar-refractivity contribution in [1.29, 1.82) is 0 Å². The van der Waals surface area contributed by atoms with Crippen LogP contribution in [-0.2, 0) is 6.18 Å². The van der Waals surface area contributed by atoms with Gasteiger partial charge in [0.25, 0.3) is 0 Å². The fraction of sp³-hybridized carbons (Fsp3) is 0.571. The van der Waals surface area contributed by atoms with Crippen molar-refractivity contribution in [1.82, 2.24) is 0 Å². The molecule has 3 N–H and O–H groups in total. The molecule has 1 fully saturated rings. The van der Waals surface area contributed by atoms with Gasteiger partial charge in [-0.25, -0.2) is 0 Å². The molecule has 112 valence electrons. The Kier molecular flexibility index (Phi) is 4.96. The first-order chi connectivity index (χ1) is 9.41. The third-order valence-corrected chi connectivity index (χ3v) is 4.33. The number of halogens is 4. The monoisotopic (exact) mass is 350 g/mol. The van der Waals surface area contributed by atoms with Gasteiger partial charge in [0.15, 0.2) is 0 Å². The van der Waals surface area contributed by atoms with Gasteiger partial charge in [-0.15, -0.1) is 0 Å². The maximum atomic E-state index is 13.0. The number of alkyl halides is 3. The second kappa shape index (κ2) is 6.35. The van der Waals surface area contributed by atoms with Crippen LogP contribution < -0.4 is 11.1 Å². The second-order valence-electron chi connectivity index (χ2n) is 5.22. The molecule has 0 saturated heterocycles. The third-order valence-electron chi connectivity index (χ3n) is 3.84. The van der Waals surface area contributed by atoms with Crippen LogP contribution in [0.2, 0.25) is 0 Å². The van der Waals surface area contributed by atoms with E-state index in [4.69, 9.17) is 5.73 Å². The van der Waals surface area contributed by atoms with Crippen molar-refractivity contribution < 1.29 is 13.2 Å². The zero-order chi connectivity index (χ0) is 14.8. The predicted octanol–water partition coefficient (Wildman–Crippen LogP) is 4.40. The van der Waals surface area contributed by atoms with Gasteiger partial charge in [0.2, 0.25) is 0 Å². The predicted molar refractivity (Wildman–Crippen MR) is 77.6 cm³/mol. The van der Waals surface area contributed by atoms with Crippen LogP contribution in [0.25, 0.3) is 0 Å². The molecule has 6 heteroatoms. The number of hydrogen-bond donors (Lipinski definition) is 2. The van der Waals surface area contributed by atoms with Gasteiger partial charge >= 0.3 is 6.18 Å². The molecule has 20 heavy (non-hydrogen) atoms. The lowest BCUT2D eigenvalue weighted by Gasteiger charge is -2.33. The van der Waals surface area contributed by atoms with Gasteiger partial charge in [-0.3, -0.25) is 0 Å². The van der Waals surface area contributed by atoms with Crippen LogP contribution in [-0.4, -0.2) is 12.6 Å². The first-order valence-electron chi connectivity index (χ1n) is 6.75. The van der Waals surface area contributed by atoms with Crippen molar-refractivity contribution in [2.45, 2.75) is 37.9 Å². The molecular weight excluding hydrogens is 333 g/mol. The van der Waals surface area contributed by atoms with E-state index in [0.717, 1.165) is 31.7 Å².